The first-order valence-electron chi connectivity index (χ1n) is 10.2. The third kappa shape index (κ3) is 5.40. The number of fused-ring (bicyclic) bond motifs is 1. The molecule has 4 rings (SSSR count). The molecule has 3 heterocycles. The Balaban J connectivity index is 1.57. The fraction of sp³-hybridized carbons (Fsp3) is 0.400. The Morgan fingerprint density at radius 1 is 1.29 bits per heavy atom. The zero-order valence-corrected chi connectivity index (χ0v) is 19.5. The second kappa shape index (κ2) is 9.84. The lowest BCUT2D eigenvalue weighted by atomic mass is 10.1. The third-order valence-electron chi connectivity index (χ3n) is 5.40. The summed E-state index contributed by atoms with van der Waals surface area (Å²) in [6.07, 6.45) is -4.12. The molecule has 1 aliphatic heterocycles. The van der Waals surface area contributed by atoms with Crippen LogP contribution in [-0.2, 0) is 14.0 Å². The standard InChI is InChI=1S/C20H23ClFN4O7P/c1-10(11-3-2-4-12(22)7-11)23-17-13-5-6-26(18(13)25-20(21)24-17)19-16(28)15(27)14(33-19)8-32-9-34(29,30)31/h2-7,10,14-16,19,27-28H,8-9H2,1H3,(H,23,24,25)(H2,29,30,31)/t10?,14-,15-,16-,19-/m1/s1. The molecular formula is C20H23ClFN4O7P. The molecule has 1 saturated heterocycles. The summed E-state index contributed by atoms with van der Waals surface area (Å²) in [4.78, 5) is 26.3. The summed E-state index contributed by atoms with van der Waals surface area (Å²) in [5.74, 6) is 0.00787. The first-order valence-corrected chi connectivity index (χ1v) is 12.4. The number of aromatic nitrogens is 3. The molecule has 0 aliphatic carbocycles. The fourth-order valence-electron chi connectivity index (χ4n) is 3.77. The van der Waals surface area contributed by atoms with E-state index in [4.69, 9.17) is 30.9 Å². The van der Waals surface area contributed by atoms with E-state index in [9.17, 15) is 19.2 Å². The summed E-state index contributed by atoms with van der Waals surface area (Å²) in [6, 6.07) is 7.48. The molecule has 0 radical (unpaired) electrons. The molecule has 5 N–H and O–H groups in total. The predicted octanol–water partition coefficient (Wildman–Crippen LogP) is 2.17. The van der Waals surface area contributed by atoms with Crippen LogP contribution in [0.4, 0.5) is 10.2 Å². The van der Waals surface area contributed by atoms with Crippen molar-refractivity contribution in [3.05, 3.63) is 53.2 Å². The molecule has 0 saturated carbocycles. The summed E-state index contributed by atoms with van der Waals surface area (Å²) in [6.45, 7) is 1.49. The van der Waals surface area contributed by atoms with E-state index in [0.29, 0.717) is 22.4 Å². The number of ether oxygens (including phenoxy) is 2. The summed E-state index contributed by atoms with van der Waals surface area (Å²) < 4.78 is 36.7. The Labute approximate surface area is 198 Å². The van der Waals surface area contributed by atoms with E-state index in [1.54, 1.807) is 24.4 Å². The monoisotopic (exact) mass is 516 g/mol. The number of halogens is 2. The van der Waals surface area contributed by atoms with Crippen LogP contribution < -0.4 is 5.32 Å². The van der Waals surface area contributed by atoms with Gasteiger partial charge in [-0.3, -0.25) is 4.57 Å². The lowest BCUT2D eigenvalue weighted by molar-refractivity contribution is -0.0610. The predicted molar refractivity (Wildman–Crippen MR) is 120 cm³/mol. The van der Waals surface area contributed by atoms with Crippen LogP contribution in [0, 0.1) is 5.82 Å². The highest BCUT2D eigenvalue weighted by atomic mass is 35.5. The van der Waals surface area contributed by atoms with Crippen molar-refractivity contribution in [2.24, 2.45) is 0 Å². The van der Waals surface area contributed by atoms with E-state index >= 15 is 0 Å². The van der Waals surface area contributed by atoms with Gasteiger partial charge in [-0.2, -0.15) is 4.98 Å². The topological polar surface area (TPSA) is 159 Å². The molecule has 1 unspecified atom stereocenters. The molecule has 0 amide bonds. The second-order valence-corrected chi connectivity index (χ2v) is 9.86. The highest BCUT2D eigenvalue weighted by molar-refractivity contribution is 7.51. The number of hydrogen-bond acceptors (Lipinski definition) is 8. The zero-order valence-electron chi connectivity index (χ0n) is 17.8. The molecule has 14 heteroatoms. The van der Waals surface area contributed by atoms with Crippen molar-refractivity contribution in [1.82, 2.24) is 14.5 Å². The molecular weight excluding hydrogens is 494 g/mol. The Bertz CT molecular complexity index is 1220. The van der Waals surface area contributed by atoms with Gasteiger partial charge in [0.25, 0.3) is 0 Å². The normalized spacial score (nSPS) is 24.0. The van der Waals surface area contributed by atoms with Crippen molar-refractivity contribution >= 4 is 36.0 Å². The fourth-order valence-corrected chi connectivity index (χ4v) is 4.28. The first-order chi connectivity index (χ1) is 16.0. The van der Waals surface area contributed by atoms with Crippen molar-refractivity contribution in [2.75, 3.05) is 18.3 Å². The Morgan fingerprint density at radius 3 is 2.76 bits per heavy atom. The molecule has 2 aromatic heterocycles. The van der Waals surface area contributed by atoms with Gasteiger partial charge in [-0.05, 0) is 42.3 Å². The molecule has 1 aliphatic rings. The van der Waals surface area contributed by atoms with Crippen LogP contribution in [0.25, 0.3) is 11.0 Å². The third-order valence-corrected chi connectivity index (χ3v) is 6.09. The van der Waals surface area contributed by atoms with Crippen molar-refractivity contribution in [2.45, 2.75) is 37.5 Å². The minimum atomic E-state index is -4.39. The molecule has 3 aromatic rings. The van der Waals surface area contributed by atoms with Crippen LogP contribution in [0.1, 0.15) is 24.8 Å². The van der Waals surface area contributed by atoms with Gasteiger partial charge in [-0.15, -0.1) is 0 Å². The first kappa shape index (κ1) is 25.0. The van der Waals surface area contributed by atoms with Crippen molar-refractivity contribution < 1.29 is 38.4 Å². The average Bonchev–Trinajstić information content (AvgIpc) is 3.29. The Hall–Kier alpha value is -2.15. The van der Waals surface area contributed by atoms with Gasteiger partial charge in [0.05, 0.1) is 18.0 Å². The number of rotatable bonds is 8. The van der Waals surface area contributed by atoms with Crippen LogP contribution in [0.3, 0.4) is 0 Å². The van der Waals surface area contributed by atoms with Crippen molar-refractivity contribution in [3.8, 4) is 0 Å². The zero-order chi connectivity index (χ0) is 24.6. The maximum absolute atomic E-state index is 13.6. The second-order valence-electron chi connectivity index (χ2n) is 7.93. The van der Waals surface area contributed by atoms with E-state index in [1.165, 1.54) is 16.7 Å². The lowest BCUT2D eigenvalue weighted by Crippen LogP contribution is -2.33. The van der Waals surface area contributed by atoms with Gasteiger partial charge in [0, 0.05) is 6.20 Å². The summed E-state index contributed by atoms with van der Waals surface area (Å²) in [7, 11) is -4.39. The van der Waals surface area contributed by atoms with Crippen LogP contribution in [-0.4, -0.2) is 65.8 Å². The molecule has 1 fully saturated rings. The average molecular weight is 517 g/mol. The summed E-state index contributed by atoms with van der Waals surface area (Å²) in [5.41, 5.74) is 1.00. The van der Waals surface area contributed by atoms with Gasteiger partial charge in [0.15, 0.2) is 6.23 Å². The quantitative estimate of drug-likeness (QED) is 0.222. The Kier molecular flexibility index (Phi) is 7.22. The van der Waals surface area contributed by atoms with Gasteiger partial charge >= 0.3 is 7.60 Å². The van der Waals surface area contributed by atoms with Crippen LogP contribution >= 0.6 is 19.2 Å². The summed E-state index contributed by atoms with van der Waals surface area (Å²) >= 11 is 6.14. The molecule has 0 spiro atoms. The van der Waals surface area contributed by atoms with Gasteiger partial charge in [0.1, 0.15) is 41.9 Å². The van der Waals surface area contributed by atoms with E-state index < -0.39 is 38.5 Å². The van der Waals surface area contributed by atoms with E-state index in [-0.39, 0.29) is 23.7 Å². The van der Waals surface area contributed by atoms with Gasteiger partial charge in [-0.1, -0.05) is 12.1 Å². The molecule has 5 atom stereocenters. The number of benzene rings is 1. The van der Waals surface area contributed by atoms with Crippen molar-refractivity contribution in [1.29, 1.82) is 0 Å². The maximum Gasteiger partial charge on any atom is 0.350 e. The molecule has 11 nitrogen and oxygen atoms in total. The van der Waals surface area contributed by atoms with Crippen LogP contribution in [0.15, 0.2) is 36.5 Å². The SMILES string of the molecule is CC(Nc1nc(Cl)nc2c1ccn2[C@@H]1O[C@H](COCP(=O)(O)O)[C@@H](O)[C@H]1O)c1cccc(F)c1. The van der Waals surface area contributed by atoms with E-state index in [2.05, 4.69) is 15.3 Å². The number of aliphatic hydroxyl groups excluding tert-OH is 2. The lowest BCUT2D eigenvalue weighted by Gasteiger charge is -2.19. The Morgan fingerprint density at radius 2 is 2.06 bits per heavy atom. The number of aliphatic hydroxyl groups is 2. The number of nitrogens with one attached hydrogen (secondary N) is 1. The molecule has 0 bridgehead atoms. The molecule has 184 valence electrons. The smallest absolute Gasteiger partial charge is 0.350 e. The summed E-state index contributed by atoms with van der Waals surface area (Å²) in [5, 5.41) is 24.5. The minimum Gasteiger partial charge on any atom is -0.387 e. The van der Waals surface area contributed by atoms with Crippen LogP contribution in [0.2, 0.25) is 5.28 Å². The number of hydrogen-bond donors (Lipinski definition) is 5. The van der Waals surface area contributed by atoms with Gasteiger partial charge in [0.2, 0.25) is 5.28 Å². The maximum atomic E-state index is 13.6. The number of nitrogens with zero attached hydrogens (tertiary/aromatic N) is 3. The van der Waals surface area contributed by atoms with E-state index in [1.807, 2.05) is 6.92 Å². The highest BCUT2D eigenvalue weighted by Gasteiger charge is 2.44. The highest BCUT2D eigenvalue weighted by Crippen LogP contribution is 2.37. The van der Waals surface area contributed by atoms with Gasteiger partial charge < -0.3 is 39.4 Å². The largest absolute Gasteiger partial charge is 0.387 e. The van der Waals surface area contributed by atoms with Crippen molar-refractivity contribution in [3.63, 3.8) is 0 Å². The van der Waals surface area contributed by atoms with E-state index in [0.717, 1.165) is 0 Å². The molecule has 34 heavy (non-hydrogen) atoms. The van der Waals surface area contributed by atoms with Gasteiger partial charge in [-0.25, -0.2) is 9.37 Å². The minimum absolute atomic E-state index is 0.0871. The van der Waals surface area contributed by atoms with Crippen LogP contribution in [0.5, 0.6) is 0 Å². The number of anilines is 1. The molecule has 1 aromatic carbocycles.